The maximum atomic E-state index is 11.6. The highest BCUT2D eigenvalue weighted by Gasteiger charge is 2.21. The summed E-state index contributed by atoms with van der Waals surface area (Å²) in [5, 5.41) is 19.4. The number of carbonyl (C=O) groups is 2. The molecule has 0 aliphatic carbocycles. The summed E-state index contributed by atoms with van der Waals surface area (Å²) in [4.78, 5) is 23.2. The first-order valence-electron chi connectivity index (χ1n) is 6.64. The van der Waals surface area contributed by atoms with Crippen LogP contribution in [0.2, 0.25) is 0 Å². The number of ether oxygens (including phenoxy) is 2. The SMILES string of the molecule is CCOC(=O)c1nonc1NCNc1nonc1C(=O)OCC. The quantitative estimate of drug-likeness (QED) is 0.505. The third-order valence-corrected chi connectivity index (χ3v) is 2.43. The predicted molar refractivity (Wildman–Crippen MR) is 72.6 cm³/mol. The molecule has 2 heterocycles. The summed E-state index contributed by atoms with van der Waals surface area (Å²) in [5.74, 6) is -1.20. The first kappa shape index (κ1) is 16.2. The topological polar surface area (TPSA) is 154 Å². The van der Waals surface area contributed by atoms with Crippen LogP contribution < -0.4 is 10.6 Å². The lowest BCUT2D eigenvalue weighted by Gasteiger charge is -2.05. The lowest BCUT2D eigenvalue weighted by Crippen LogP contribution is -2.17. The van der Waals surface area contributed by atoms with E-state index in [-0.39, 0.29) is 42.9 Å². The molecule has 0 aliphatic rings. The second-order valence-electron chi connectivity index (χ2n) is 3.89. The lowest BCUT2D eigenvalue weighted by molar-refractivity contribution is 0.0505. The number of nitrogens with one attached hydrogen (secondary N) is 2. The first-order chi connectivity index (χ1) is 11.2. The standard InChI is InChI=1S/C11H14N6O6/c1-3-20-10(18)6-8(16-22-14-6)12-5-13-9-7(15-23-17-9)11(19)21-4-2/h3-5H2,1-2H3,(H,12,16)(H,13,17). The van der Waals surface area contributed by atoms with E-state index < -0.39 is 11.9 Å². The van der Waals surface area contributed by atoms with E-state index in [1.54, 1.807) is 13.8 Å². The van der Waals surface area contributed by atoms with Crippen molar-refractivity contribution in [2.45, 2.75) is 13.8 Å². The zero-order valence-electron chi connectivity index (χ0n) is 12.4. The summed E-state index contributed by atoms with van der Waals surface area (Å²) in [6.07, 6.45) is 0. The van der Waals surface area contributed by atoms with Gasteiger partial charge in [0.1, 0.15) is 0 Å². The van der Waals surface area contributed by atoms with E-state index in [9.17, 15) is 9.59 Å². The van der Waals surface area contributed by atoms with E-state index in [0.717, 1.165) is 0 Å². The van der Waals surface area contributed by atoms with Crippen LogP contribution in [0.15, 0.2) is 9.26 Å². The van der Waals surface area contributed by atoms with Crippen molar-refractivity contribution < 1.29 is 28.3 Å². The molecular formula is C11H14N6O6. The minimum Gasteiger partial charge on any atom is -0.461 e. The van der Waals surface area contributed by atoms with Gasteiger partial charge in [0.05, 0.1) is 19.9 Å². The monoisotopic (exact) mass is 326 g/mol. The number of esters is 2. The van der Waals surface area contributed by atoms with Gasteiger partial charge in [-0.3, -0.25) is 0 Å². The Balaban J connectivity index is 1.94. The molecule has 0 amide bonds. The number of nitrogens with zero attached hydrogens (tertiary/aromatic N) is 4. The van der Waals surface area contributed by atoms with Crippen molar-refractivity contribution in [2.75, 3.05) is 30.5 Å². The number of rotatable bonds is 8. The van der Waals surface area contributed by atoms with Crippen LogP contribution in [0.5, 0.6) is 0 Å². The molecule has 0 aliphatic heterocycles. The largest absolute Gasteiger partial charge is 0.461 e. The number of hydrogen-bond acceptors (Lipinski definition) is 12. The van der Waals surface area contributed by atoms with E-state index in [1.165, 1.54) is 0 Å². The summed E-state index contributed by atoms with van der Waals surface area (Å²) in [7, 11) is 0. The van der Waals surface area contributed by atoms with E-state index >= 15 is 0 Å². The molecule has 0 radical (unpaired) electrons. The highest BCUT2D eigenvalue weighted by molar-refractivity contribution is 5.93. The van der Waals surface area contributed by atoms with Crippen molar-refractivity contribution >= 4 is 23.6 Å². The lowest BCUT2D eigenvalue weighted by atomic mass is 10.4. The van der Waals surface area contributed by atoms with E-state index in [2.05, 4.69) is 40.5 Å². The van der Waals surface area contributed by atoms with Crippen LogP contribution in [0.4, 0.5) is 11.6 Å². The second-order valence-corrected chi connectivity index (χ2v) is 3.89. The Morgan fingerprint density at radius 1 is 0.870 bits per heavy atom. The molecule has 0 atom stereocenters. The Morgan fingerprint density at radius 2 is 1.30 bits per heavy atom. The highest BCUT2D eigenvalue weighted by Crippen LogP contribution is 2.13. The molecule has 2 N–H and O–H groups in total. The average Bonchev–Trinajstić information content (AvgIpc) is 3.17. The fourth-order valence-electron chi connectivity index (χ4n) is 1.49. The van der Waals surface area contributed by atoms with Gasteiger partial charge in [-0.25, -0.2) is 18.8 Å². The second kappa shape index (κ2) is 7.72. The van der Waals surface area contributed by atoms with Gasteiger partial charge >= 0.3 is 11.9 Å². The van der Waals surface area contributed by atoms with Gasteiger partial charge in [-0.15, -0.1) is 0 Å². The van der Waals surface area contributed by atoms with Crippen molar-refractivity contribution in [2.24, 2.45) is 0 Å². The van der Waals surface area contributed by atoms with Crippen molar-refractivity contribution in [3.63, 3.8) is 0 Å². The zero-order chi connectivity index (χ0) is 16.7. The van der Waals surface area contributed by atoms with Gasteiger partial charge in [0, 0.05) is 0 Å². The molecular weight excluding hydrogens is 312 g/mol. The normalized spacial score (nSPS) is 10.2. The van der Waals surface area contributed by atoms with E-state index in [4.69, 9.17) is 9.47 Å². The summed E-state index contributed by atoms with van der Waals surface area (Å²) >= 11 is 0. The fraction of sp³-hybridized carbons (Fsp3) is 0.455. The van der Waals surface area contributed by atoms with Crippen LogP contribution in [0.25, 0.3) is 0 Å². The molecule has 0 saturated heterocycles. The molecule has 0 saturated carbocycles. The molecule has 0 fully saturated rings. The molecule has 0 unspecified atom stereocenters. The third kappa shape index (κ3) is 3.93. The van der Waals surface area contributed by atoms with Crippen molar-refractivity contribution in [1.29, 1.82) is 0 Å². The smallest absolute Gasteiger partial charge is 0.364 e. The summed E-state index contributed by atoms with van der Waals surface area (Å²) in [5.41, 5.74) is -0.199. The van der Waals surface area contributed by atoms with Crippen LogP contribution in [0, 0.1) is 0 Å². The molecule has 23 heavy (non-hydrogen) atoms. The van der Waals surface area contributed by atoms with Crippen LogP contribution >= 0.6 is 0 Å². The molecule has 2 aromatic rings. The van der Waals surface area contributed by atoms with Gasteiger partial charge in [0.25, 0.3) is 0 Å². The first-order valence-corrected chi connectivity index (χ1v) is 6.64. The number of anilines is 2. The molecule has 12 nitrogen and oxygen atoms in total. The molecule has 12 heteroatoms. The van der Waals surface area contributed by atoms with Crippen LogP contribution in [0.1, 0.15) is 34.8 Å². The van der Waals surface area contributed by atoms with Gasteiger partial charge < -0.3 is 20.1 Å². The number of aromatic nitrogens is 4. The fourth-order valence-corrected chi connectivity index (χ4v) is 1.49. The van der Waals surface area contributed by atoms with Gasteiger partial charge in [0.15, 0.2) is 0 Å². The van der Waals surface area contributed by atoms with Crippen LogP contribution in [-0.2, 0) is 9.47 Å². The van der Waals surface area contributed by atoms with Gasteiger partial charge in [0.2, 0.25) is 23.0 Å². The summed E-state index contributed by atoms with van der Waals surface area (Å²) in [6.45, 7) is 3.73. The Kier molecular flexibility index (Phi) is 5.44. The van der Waals surface area contributed by atoms with Gasteiger partial charge in [-0.1, -0.05) is 0 Å². The van der Waals surface area contributed by atoms with Crippen molar-refractivity contribution in [3.05, 3.63) is 11.4 Å². The van der Waals surface area contributed by atoms with E-state index in [0.29, 0.717) is 0 Å². The van der Waals surface area contributed by atoms with E-state index in [1.807, 2.05) is 0 Å². The van der Waals surface area contributed by atoms with Crippen molar-refractivity contribution in [3.8, 4) is 0 Å². The molecule has 0 spiro atoms. The third-order valence-electron chi connectivity index (χ3n) is 2.43. The van der Waals surface area contributed by atoms with Gasteiger partial charge in [-0.05, 0) is 34.5 Å². The summed E-state index contributed by atoms with van der Waals surface area (Å²) in [6, 6.07) is 0. The predicted octanol–water partition coefficient (Wildman–Crippen LogP) is 0.287. The highest BCUT2D eigenvalue weighted by atomic mass is 16.6. The van der Waals surface area contributed by atoms with Gasteiger partial charge in [-0.2, -0.15) is 0 Å². The Bertz CT molecular complexity index is 611. The molecule has 2 rings (SSSR count). The Labute approximate surface area is 129 Å². The molecule has 0 aromatic carbocycles. The minimum absolute atomic E-state index is 0.0290. The summed E-state index contributed by atoms with van der Waals surface area (Å²) < 4.78 is 18.6. The Morgan fingerprint density at radius 3 is 1.70 bits per heavy atom. The zero-order valence-corrected chi connectivity index (χ0v) is 12.4. The average molecular weight is 326 g/mol. The maximum absolute atomic E-state index is 11.6. The number of hydrogen-bond donors (Lipinski definition) is 2. The maximum Gasteiger partial charge on any atom is 0.364 e. The number of carbonyl (C=O) groups excluding carboxylic acids is 2. The van der Waals surface area contributed by atoms with Crippen LogP contribution in [0.3, 0.4) is 0 Å². The Hall–Kier alpha value is -3.18. The van der Waals surface area contributed by atoms with Crippen molar-refractivity contribution in [1.82, 2.24) is 20.6 Å². The van der Waals surface area contributed by atoms with Crippen LogP contribution in [-0.4, -0.2) is 52.4 Å². The molecule has 2 aromatic heterocycles. The minimum atomic E-state index is -0.674. The molecule has 124 valence electrons. The molecule has 0 bridgehead atoms.